The molecule has 0 atom stereocenters. The minimum Gasteiger partial charge on any atom is -0.479 e. The first kappa shape index (κ1) is 14.8. The Balaban J connectivity index is 2.11. The third kappa shape index (κ3) is 3.46. The van der Waals surface area contributed by atoms with Crippen LogP contribution in [0.3, 0.4) is 0 Å². The number of hydrazine groups is 1. The second-order valence-corrected chi connectivity index (χ2v) is 4.25. The van der Waals surface area contributed by atoms with Crippen LogP contribution in [0.15, 0.2) is 28.8 Å². The van der Waals surface area contributed by atoms with Crippen LogP contribution in [-0.4, -0.2) is 16.0 Å². The van der Waals surface area contributed by atoms with Gasteiger partial charge in [-0.15, -0.1) is 0 Å². The monoisotopic (exact) mass is 312 g/mol. The van der Waals surface area contributed by atoms with Crippen LogP contribution in [0.25, 0.3) is 0 Å². The predicted molar refractivity (Wildman–Crippen MR) is 70.6 cm³/mol. The number of nitrogens with zero attached hydrogens (tertiary/aromatic N) is 2. The van der Waals surface area contributed by atoms with E-state index in [1.807, 2.05) is 5.43 Å². The van der Waals surface area contributed by atoms with Crippen LogP contribution in [0.4, 0.5) is 5.69 Å². The van der Waals surface area contributed by atoms with Crippen LogP contribution >= 0.6 is 11.6 Å². The summed E-state index contributed by atoms with van der Waals surface area (Å²) in [5, 5.41) is 14.6. The molecule has 10 heteroatoms. The molecule has 3 N–H and O–H groups in total. The highest BCUT2D eigenvalue weighted by Gasteiger charge is 2.17. The molecule has 0 spiro atoms. The summed E-state index contributed by atoms with van der Waals surface area (Å²) in [4.78, 5) is 21.4. The van der Waals surface area contributed by atoms with Gasteiger partial charge in [-0.1, -0.05) is 16.8 Å². The van der Waals surface area contributed by atoms with Crippen molar-refractivity contribution in [2.24, 2.45) is 5.84 Å². The molecular formula is C11H9ClN4O5. The molecule has 2 rings (SSSR count). The summed E-state index contributed by atoms with van der Waals surface area (Å²) in [7, 11) is 0. The first-order valence-electron chi connectivity index (χ1n) is 5.54. The number of aromatic nitrogens is 1. The van der Waals surface area contributed by atoms with Crippen LogP contribution in [0.1, 0.15) is 16.2 Å². The number of nitrogen functional groups attached to an aromatic ring is 1. The molecule has 0 unspecified atom stereocenters. The van der Waals surface area contributed by atoms with Crippen LogP contribution < -0.4 is 16.0 Å². The number of halogens is 1. The van der Waals surface area contributed by atoms with Crippen molar-refractivity contribution in [2.45, 2.75) is 6.61 Å². The van der Waals surface area contributed by atoms with Crippen molar-refractivity contribution >= 4 is 23.2 Å². The number of nitro benzene ring substituents is 1. The van der Waals surface area contributed by atoms with E-state index in [0.29, 0.717) is 0 Å². The molecule has 1 aromatic heterocycles. The molecule has 0 saturated carbocycles. The molecule has 0 aliphatic heterocycles. The van der Waals surface area contributed by atoms with Gasteiger partial charge in [0.15, 0.2) is 17.2 Å². The van der Waals surface area contributed by atoms with Crippen LogP contribution in [-0.2, 0) is 6.61 Å². The molecule has 0 fully saturated rings. The van der Waals surface area contributed by atoms with Gasteiger partial charge in [0.1, 0.15) is 6.61 Å². The highest BCUT2D eigenvalue weighted by atomic mass is 35.5. The Morgan fingerprint density at radius 2 is 2.29 bits per heavy atom. The molecule has 0 saturated heterocycles. The van der Waals surface area contributed by atoms with Crippen molar-refractivity contribution < 1.29 is 19.0 Å². The third-order valence-electron chi connectivity index (χ3n) is 2.41. The highest BCUT2D eigenvalue weighted by Crippen LogP contribution is 2.30. The maximum atomic E-state index is 11.2. The fourth-order valence-corrected chi connectivity index (χ4v) is 1.63. The minimum absolute atomic E-state index is 0.0191. The lowest BCUT2D eigenvalue weighted by Gasteiger charge is -2.04. The Labute approximate surface area is 122 Å². The molecular weight excluding hydrogens is 304 g/mol. The van der Waals surface area contributed by atoms with Gasteiger partial charge in [0.2, 0.25) is 0 Å². The van der Waals surface area contributed by atoms with Crippen molar-refractivity contribution in [3.05, 3.63) is 50.9 Å². The van der Waals surface area contributed by atoms with Crippen molar-refractivity contribution in [3.8, 4) is 5.75 Å². The lowest BCUT2D eigenvalue weighted by Crippen LogP contribution is -2.30. The van der Waals surface area contributed by atoms with E-state index in [0.717, 1.165) is 0 Å². The lowest BCUT2D eigenvalue weighted by molar-refractivity contribution is -0.385. The molecule has 1 heterocycles. The molecule has 9 nitrogen and oxygen atoms in total. The number of hydrogen-bond donors (Lipinski definition) is 2. The topological polar surface area (TPSA) is 134 Å². The summed E-state index contributed by atoms with van der Waals surface area (Å²) in [6, 6.07) is 5.30. The normalized spacial score (nSPS) is 10.2. The zero-order valence-corrected chi connectivity index (χ0v) is 11.2. The molecule has 0 aliphatic rings. The van der Waals surface area contributed by atoms with E-state index in [9.17, 15) is 14.9 Å². The molecule has 21 heavy (non-hydrogen) atoms. The smallest absolute Gasteiger partial charge is 0.312 e. The number of nitrogens with one attached hydrogen (secondary N) is 1. The van der Waals surface area contributed by atoms with E-state index < -0.39 is 10.8 Å². The van der Waals surface area contributed by atoms with Gasteiger partial charge in [0.25, 0.3) is 5.91 Å². The van der Waals surface area contributed by atoms with Gasteiger partial charge < -0.3 is 9.26 Å². The van der Waals surface area contributed by atoms with E-state index in [2.05, 4.69) is 5.16 Å². The summed E-state index contributed by atoms with van der Waals surface area (Å²) < 4.78 is 10.1. The van der Waals surface area contributed by atoms with Gasteiger partial charge in [0, 0.05) is 17.2 Å². The molecule has 0 radical (unpaired) electrons. The second-order valence-electron chi connectivity index (χ2n) is 3.81. The van der Waals surface area contributed by atoms with Crippen molar-refractivity contribution in [1.82, 2.24) is 10.6 Å². The average Bonchev–Trinajstić information content (AvgIpc) is 2.93. The highest BCUT2D eigenvalue weighted by molar-refractivity contribution is 6.30. The number of carbonyl (C=O) groups is 1. The van der Waals surface area contributed by atoms with E-state index in [4.69, 9.17) is 26.7 Å². The quantitative estimate of drug-likeness (QED) is 0.369. The Morgan fingerprint density at radius 3 is 2.95 bits per heavy atom. The van der Waals surface area contributed by atoms with Crippen molar-refractivity contribution in [2.75, 3.05) is 0 Å². The van der Waals surface area contributed by atoms with Crippen LogP contribution in [0.2, 0.25) is 5.02 Å². The molecule has 1 aromatic carbocycles. The van der Waals surface area contributed by atoms with Gasteiger partial charge in [-0.2, -0.15) is 0 Å². The molecule has 1 amide bonds. The van der Waals surface area contributed by atoms with Gasteiger partial charge in [-0.25, -0.2) is 5.84 Å². The average molecular weight is 313 g/mol. The molecule has 2 aromatic rings. The SMILES string of the molecule is NNC(=O)c1cc(COc2ccc(Cl)cc2[N+](=O)[O-])on1. The van der Waals surface area contributed by atoms with E-state index in [1.54, 1.807) is 0 Å². The number of hydrogen-bond acceptors (Lipinski definition) is 7. The van der Waals surface area contributed by atoms with Crippen molar-refractivity contribution in [1.29, 1.82) is 0 Å². The Morgan fingerprint density at radius 1 is 1.52 bits per heavy atom. The number of carbonyl (C=O) groups excluding carboxylic acids is 1. The minimum atomic E-state index is -0.623. The van der Waals surface area contributed by atoms with E-state index in [1.165, 1.54) is 24.3 Å². The van der Waals surface area contributed by atoms with Crippen molar-refractivity contribution in [3.63, 3.8) is 0 Å². The van der Waals surface area contributed by atoms with E-state index >= 15 is 0 Å². The summed E-state index contributed by atoms with van der Waals surface area (Å²) >= 11 is 5.69. The fourth-order valence-electron chi connectivity index (χ4n) is 1.47. The summed E-state index contributed by atoms with van der Waals surface area (Å²) in [5.74, 6) is 4.55. The maximum absolute atomic E-state index is 11.2. The number of ether oxygens (including phenoxy) is 1. The predicted octanol–water partition coefficient (Wildman–Crippen LogP) is 1.42. The number of benzene rings is 1. The summed E-state index contributed by atoms with van der Waals surface area (Å²) in [6.07, 6.45) is 0. The number of nitro groups is 1. The first-order valence-corrected chi connectivity index (χ1v) is 5.92. The number of rotatable bonds is 5. The van der Waals surface area contributed by atoms with Crippen LogP contribution in [0.5, 0.6) is 5.75 Å². The standard InChI is InChI=1S/C11H9ClN4O5/c12-6-1-2-10(9(3-6)16(18)19)20-5-7-4-8(15-21-7)11(17)14-13/h1-4H,5,13H2,(H,14,17). The van der Waals surface area contributed by atoms with Gasteiger partial charge in [-0.3, -0.25) is 20.3 Å². The second kappa shape index (κ2) is 6.20. The molecule has 110 valence electrons. The van der Waals surface area contributed by atoms with Crippen LogP contribution in [0, 0.1) is 10.1 Å². The van der Waals surface area contributed by atoms with Gasteiger partial charge in [-0.05, 0) is 12.1 Å². The van der Waals surface area contributed by atoms with Gasteiger partial charge in [0.05, 0.1) is 4.92 Å². The lowest BCUT2D eigenvalue weighted by atomic mass is 10.3. The zero-order valence-electron chi connectivity index (χ0n) is 10.4. The zero-order chi connectivity index (χ0) is 15.4. The Hall–Kier alpha value is -2.65. The fraction of sp³-hybridized carbons (Fsp3) is 0.0909. The Kier molecular flexibility index (Phi) is 4.36. The van der Waals surface area contributed by atoms with Gasteiger partial charge >= 0.3 is 5.69 Å². The Bertz CT molecular complexity index is 687. The number of nitrogens with two attached hydrogens (primary N) is 1. The molecule has 0 aliphatic carbocycles. The first-order chi connectivity index (χ1) is 10.0. The summed E-state index contributed by atoms with van der Waals surface area (Å²) in [5.41, 5.74) is 1.59. The van der Waals surface area contributed by atoms with E-state index in [-0.39, 0.29) is 34.5 Å². The molecule has 0 bridgehead atoms. The number of amides is 1. The third-order valence-corrected chi connectivity index (χ3v) is 2.65. The largest absolute Gasteiger partial charge is 0.479 e. The summed E-state index contributed by atoms with van der Waals surface area (Å²) in [6.45, 7) is -0.146. The maximum Gasteiger partial charge on any atom is 0.312 e.